The number of carbonyl (C=O) groups is 1. The molecule has 1 aromatic carbocycles. The number of amides is 1. The van der Waals surface area contributed by atoms with Gasteiger partial charge in [-0.05, 0) is 18.1 Å². The Morgan fingerprint density at radius 1 is 1.53 bits per heavy atom. The molecular weight excluding hydrogens is 245 g/mol. The Kier molecular flexibility index (Phi) is 5.22. The van der Waals surface area contributed by atoms with Crippen LogP contribution in [-0.2, 0) is 11.2 Å². The van der Waals surface area contributed by atoms with Gasteiger partial charge in [0.25, 0.3) is 11.5 Å². The summed E-state index contributed by atoms with van der Waals surface area (Å²) in [5, 5.41) is 0. The Morgan fingerprint density at radius 2 is 2.18 bits per heavy atom. The van der Waals surface area contributed by atoms with Crippen molar-refractivity contribution in [3.05, 3.63) is 29.8 Å². The van der Waals surface area contributed by atoms with E-state index in [0.29, 0.717) is 13.0 Å². The van der Waals surface area contributed by atoms with Crippen LogP contribution in [0.5, 0.6) is 5.75 Å². The number of halogens is 2. The smallest absolute Gasteiger partial charge is 0.272 e. The molecule has 0 saturated carbocycles. The molecule has 0 spiro atoms. The Morgan fingerprint density at radius 3 is 2.76 bits per heavy atom. The van der Waals surface area contributed by atoms with E-state index in [0.717, 1.165) is 11.3 Å². The summed E-state index contributed by atoms with van der Waals surface area (Å²) in [5.74, 6) is 0.0394. The van der Waals surface area contributed by atoms with Gasteiger partial charge in [-0.15, -0.1) is 0 Å². The predicted octanol–water partition coefficient (Wildman–Crippen LogP) is 2.23. The van der Waals surface area contributed by atoms with E-state index >= 15 is 0 Å². The van der Waals surface area contributed by atoms with Crippen molar-refractivity contribution in [1.82, 2.24) is 4.90 Å². The van der Waals surface area contributed by atoms with E-state index in [4.69, 9.17) is 16.3 Å². The molecule has 1 rings (SSSR count). The van der Waals surface area contributed by atoms with Crippen LogP contribution in [0.15, 0.2) is 24.3 Å². The highest BCUT2D eigenvalue weighted by atomic mass is 35.5. The molecule has 1 aromatic rings. The fourth-order valence-corrected chi connectivity index (χ4v) is 1.64. The zero-order chi connectivity index (χ0) is 12.8. The SMILES string of the molecule is COc1ccccc1CCN(C)C(=O)C(F)Cl. The lowest BCUT2D eigenvalue weighted by atomic mass is 10.1. The first-order valence-electron chi connectivity index (χ1n) is 5.21. The lowest BCUT2D eigenvalue weighted by molar-refractivity contribution is -0.132. The van der Waals surface area contributed by atoms with Gasteiger partial charge in [-0.25, -0.2) is 4.39 Å². The van der Waals surface area contributed by atoms with Gasteiger partial charge in [0.15, 0.2) is 0 Å². The first-order valence-corrected chi connectivity index (χ1v) is 5.65. The van der Waals surface area contributed by atoms with Crippen LogP contribution in [0.25, 0.3) is 0 Å². The number of benzene rings is 1. The van der Waals surface area contributed by atoms with Crippen LogP contribution in [0.4, 0.5) is 4.39 Å². The van der Waals surface area contributed by atoms with Gasteiger partial charge >= 0.3 is 0 Å². The van der Waals surface area contributed by atoms with Crippen LogP contribution in [-0.4, -0.2) is 37.1 Å². The van der Waals surface area contributed by atoms with E-state index in [1.165, 1.54) is 11.9 Å². The Bertz CT molecular complexity index is 385. The average Bonchev–Trinajstić information content (AvgIpc) is 2.35. The van der Waals surface area contributed by atoms with Crippen molar-refractivity contribution in [2.75, 3.05) is 20.7 Å². The molecule has 1 unspecified atom stereocenters. The minimum absolute atomic E-state index is 0.395. The minimum Gasteiger partial charge on any atom is -0.496 e. The quantitative estimate of drug-likeness (QED) is 0.759. The number of methoxy groups -OCH3 is 1. The van der Waals surface area contributed by atoms with E-state index < -0.39 is 11.5 Å². The third-order valence-corrected chi connectivity index (χ3v) is 2.66. The molecule has 1 atom stereocenters. The molecule has 0 aromatic heterocycles. The molecule has 94 valence electrons. The molecule has 3 nitrogen and oxygen atoms in total. The number of hydrogen-bond donors (Lipinski definition) is 0. The monoisotopic (exact) mass is 259 g/mol. The van der Waals surface area contributed by atoms with E-state index in [1.807, 2.05) is 24.3 Å². The summed E-state index contributed by atoms with van der Waals surface area (Å²) in [6.45, 7) is 0.395. The van der Waals surface area contributed by atoms with Crippen LogP contribution in [0.3, 0.4) is 0 Å². The van der Waals surface area contributed by atoms with Crippen molar-refractivity contribution in [3.63, 3.8) is 0 Å². The van der Waals surface area contributed by atoms with Crippen molar-refractivity contribution < 1.29 is 13.9 Å². The molecule has 5 heteroatoms. The van der Waals surface area contributed by atoms with Crippen LogP contribution in [0.2, 0.25) is 0 Å². The number of hydrogen-bond acceptors (Lipinski definition) is 2. The number of ether oxygens (including phenoxy) is 1. The summed E-state index contributed by atoms with van der Waals surface area (Å²) < 4.78 is 17.7. The number of alkyl halides is 2. The highest BCUT2D eigenvalue weighted by Gasteiger charge is 2.18. The summed E-state index contributed by atoms with van der Waals surface area (Å²) in [4.78, 5) is 12.5. The van der Waals surface area contributed by atoms with E-state index in [9.17, 15) is 9.18 Å². The van der Waals surface area contributed by atoms with Crippen molar-refractivity contribution in [3.8, 4) is 5.75 Å². The number of likely N-dealkylation sites (N-methyl/N-ethyl adjacent to an activating group) is 1. The van der Waals surface area contributed by atoms with Crippen LogP contribution >= 0.6 is 11.6 Å². The minimum atomic E-state index is -1.97. The second-order valence-corrected chi connectivity index (χ2v) is 4.01. The Labute approximate surface area is 105 Å². The van der Waals surface area contributed by atoms with Gasteiger partial charge in [0.2, 0.25) is 0 Å². The lowest BCUT2D eigenvalue weighted by Gasteiger charge is -2.17. The van der Waals surface area contributed by atoms with Gasteiger partial charge in [-0.2, -0.15) is 0 Å². The first-order chi connectivity index (χ1) is 8.06. The van der Waals surface area contributed by atoms with E-state index in [1.54, 1.807) is 7.11 Å². The Balaban J connectivity index is 2.58. The zero-order valence-electron chi connectivity index (χ0n) is 9.82. The summed E-state index contributed by atoms with van der Waals surface area (Å²) in [6, 6.07) is 7.51. The van der Waals surface area contributed by atoms with E-state index in [2.05, 4.69) is 0 Å². The predicted molar refractivity (Wildman–Crippen MR) is 65.1 cm³/mol. The fourth-order valence-electron chi connectivity index (χ4n) is 1.47. The van der Waals surface area contributed by atoms with Crippen molar-refractivity contribution in [2.45, 2.75) is 12.1 Å². The molecule has 0 aliphatic carbocycles. The molecule has 0 saturated heterocycles. The van der Waals surface area contributed by atoms with Gasteiger partial charge in [-0.1, -0.05) is 29.8 Å². The second-order valence-electron chi connectivity index (χ2n) is 3.62. The maximum atomic E-state index is 12.6. The maximum absolute atomic E-state index is 12.6. The summed E-state index contributed by atoms with van der Waals surface area (Å²) >= 11 is 5.08. The van der Waals surface area contributed by atoms with Crippen LogP contribution in [0, 0.1) is 0 Å². The number of nitrogens with zero attached hydrogens (tertiary/aromatic N) is 1. The molecule has 0 bridgehead atoms. The van der Waals surface area contributed by atoms with Gasteiger partial charge in [-0.3, -0.25) is 4.79 Å². The molecular formula is C12H15ClFNO2. The maximum Gasteiger partial charge on any atom is 0.272 e. The summed E-state index contributed by atoms with van der Waals surface area (Å²) in [6.07, 6.45) is 0.593. The number of carbonyl (C=O) groups excluding carboxylic acids is 1. The van der Waals surface area contributed by atoms with E-state index in [-0.39, 0.29) is 0 Å². The Hall–Kier alpha value is -1.29. The third-order valence-electron chi connectivity index (χ3n) is 2.47. The molecule has 0 aliphatic heterocycles. The van der Waals surface area contributed by atoms with Crippen LogP contribution in [0.1, 0.15) is 5.56 Å². The van der Waals surface area contributed by atoms with Gasteiger partial charge in [0.05, 0.1) is 7.11 Å². The average molecular weight is 260 g/mol. The largest absolute Gasteiger partial charge is 0.496 e. The van der Waals surface area contributed by atoms with Crippen molar-refractivity contribution >= 4 is 17.5 Å². The molecule has 0 heterocycles. The van der Waals surface area contributed by atoms with Gasteiger partial charge < -0.3 is 9.64 Å². The normalized spacial score (nSPS) is 12.0. The van der Waals surface area contributed by atoms with Crippen molar-refractivity contribution in [2.24, 2.45) is 0 Å². The first kappa shape index (κ1) is 13.8. The second kappa shape index (κ2) is 6.45. The third kappa shape index (κ3) is 3.89. The molecule has 0 radical (unpaired) electrons. The molecule has 0 N–H and O–H groups in total. The molecule has 17 heavy (non-hydrogen) atoms. The summed E-state index contributed by atoms with van der Waals surface area (Å²) in [7, 11) is 3.11. The highest BCUT2D eigenvalue weighted by Crippen LogP contribution is 2.18. The summed E-state index contributed by atoms with van der Waals surface area (Å²) in [5.41, 5.74) is -1.00. The highest BCUT2D eigenvalue weighted by molar-refractivity contribution is 6.29. The molecule has 0 fully saturated rings. The fraction of sp³-hybridized carbons (Fsp3) is 0.417. The molecule has 0 aliphatic rings. The topological polar surface area (TPSA) is 29.5 Å². The number of rotatable bonds is 5. The molecule has 1 amide bonds. The number of para-hydroxylation sites is 1. The van der Waals surface area contributed by atoms with Crippen molar-refractivity contribution in [1.29, 1.82) is 0 Å². The van der Waals surface area contributed by atoms with Crippen LogP contribution < -0.4 is 4.74 Å². The lowest BCUT2D eigenvalue weighted by Crippen LogP contribution is -2.33. The standard InChI is InChI=1S/C12H15ClFNO2/c1-15(12(16)11(13)14)8-7-9-5-3-4-6-10(9)17-2/h3-6,11H,7-8H2,1-2H3. The van der Waals surface area contributed by atoms with Gasteiger partial charge in [0.1, 0.15) is 5.75 Å². The van der Waals surface area contributed by atoms with Gasteiger partial charge in [0, 0.05) is 13.6 Å². The zero-order valence-corrected chi connectivity index (χ0v) is 10.6.